The Morgan fingerprint density at radius 1 is 1.20 bits per heavy atom. The normalized spacial score (nSPS) is 16.0. The van der Waals surface area contributed by atoms with Gasteiger partial charge in [0.15, 0.2) is 4.32 Å². The summed E-state index contributed by atoms with van der Waals surface area (Å²) in [6.07, 6.45) is 3.10. The fourth-order valence-electron chi connectivity index (χ4n) is 2.08. The molecular formula is C18H11N3O2S2. The largest absolute Gasteiger partial charge is 0.507 e. The lowest BCUT2D eigenvalue weighted by molar-refractivity contribution is -0.122. The maximum atomic E-state index is 12.5. The predicted octanol–water partition coefficient (Wildman–Crippen LogP) is 3.50. The van der Waals surface area contributed by atoms with Crippen molar-refractivity contribution in [2.45, 2.75) is 0 Å². The second kappa shape index (κ2) is 7.30. The molecule has 0 bridgehead atoms. The summed E-state index contributed by atoms with van der Waals surface area (Å²) in [5, 5.41) is 23.8. The predicted molar refractivity (Wildman–Crippen MR) is 102 cm³/mol. The molecule has 5 nitrogen and oxygen atoms in total. The minimum Gasteiger partial charge on any atom is -0.507 e. The van der Waals surface area contributed by atoms with Gasteiger partial charge in [-0.2, -0.15) is 15.4 Å². The second-order valence-corrected chi connectivity index (χ2v) is 6.71. The zero-order chi connectivity index (χ0) is 17.8. The van der Waals surface area contributed by atoms with Crippen molar-refractivity contribution in [1.29, 1.82) is 5.26 Å². The third-order valence-electron chi connectivity index (χ3n) is 3.36. The number of rotatable bonds is 3. The van der Waals surface area contributed by atoms with Crippen molar-refractivity contribution in [2.24, 2.45) is 5.10 Å². The summed E-state index contributed by atoms with van der Waals surface area (Å²) >= 11 is 6.36. The third-order valence-corrected chi connectivity index (χ3v) is 4.64. The zero-order valence-corrected chi connectivity index (χ0v) is 14.4. The van der Waals surface area contributed by atoms with Crippen molar-refractivity contribution in [3.8, 4) is 11.8 Å². The van der Waals surface area contributed by atoms with Gasteiger partial charge in [-0.3, -0.25) is 4.79 Å². The minimum absolute atomic E-state index is 0.0739. The Morgan fingerprint density at radius 2 is 1.92 bits per heavy atom. The van der Waals surface area contributed by atoms with Gasteiger partial charge in [0.05, 0.1) is 22.8 Å². The Hall–Kier alpha value is -2.95. The number of carbonyl (C=O) groups excluding carboxylic acids is 1. The number of aromatic hydroxyl groups is 1. The molecule has 2 aromatic carbocycles. The van der Waals surface area contributed by atoms with Gasteiger partial charge in [-0.1, -0.05) is 36.0 Å². The number of phenolic OH excluding ortho intramolecular Hbond substituents is 1. The highest BCUT2D eigenvalue weighted by molar-refractivity contribution is 8.26. The van der Waals surface area contributed by atoms with Crippen molar-refractivity contribution in [1.82, 2.24) is 5.01 Å². The van der Waals surface area contributed by atoms with Crippen molar-refractivity contribution >= 4 is 46.5 Å². The molecule has 0 aromatic heterocycles. The first-order valence-corrected chi connectivity index (χ1v) is 8.41. The van der Waals surface area contributed by atoms with E-state index in [4.69, 9.17) is 17.5 Å². The highest BCUT2D eigenvalue weighted by atomic mass is 32.2. The van der Waals surface area contributed by atoms with Crippen LogP contribution in [0.15, 0.2) is 58.5 Å². The van der Waals surface area contributed by atoms with Crippen LogP contribution in [-0.4, -0.2) is 26.6 Å². The topological polar surface area (TPSA) is 76.7 Å². The van der Waals surface area contributed by atoms with Gasteiger partial charge in [0.1, 0.15) is 5.75 Å². The van der Waals surface area contributed by atoms with Crippen LogP contribution >= 0.6 is 24.0 Å². The lowest BCUT2D eigenvalue weighted by Gasteiger charge is -2.06. The molecule has 0 saturated carbocycles. The molecule has 3 rings (SSSR count). The Bertz CT molecular complexity index is 944. The molecule has 1 aliphatic rings. The molecule has 1 fully saturated rings. The van der Waals surface area contributed by atoms with Crippen molar-refractivity contribution in [2.75, 3.05) is 0 Å². The van der Waals surface area contributed by atoms with E-state index in [1.165, 1.54) is 12.3 Å². The molecule has 0 atom stereocenters. The summed E-state index contributed by atoms with van der Waals surface area (Å²) in [5.41, 5.74) is 1.84. The van der Waals surface area contributed by atoms with Crippen molar-refractivity contribution < 1.29 is 9.90 Å². The van der Waals surface area contributed by atoms with Crippen molar-refractivity contribution in [3.05, 3.63) is 70.1 Å². The molecule has 0 unspecified atom stereocenters. The molecule has 1 N–H and O–H groups in total. The van der Waals surface area contributed by atoms with Crippen LogP contribution in [-0.2, 0) is 4.79 Å². The summed E-state index contributed by atoms with van der Waals surface area (Å²) in [4.78, 5) is 12.9. The highest BCUT2D eigenvalue weighted by Gasteiger charge is 2.32. The molecule has 122 valence electrons. The van der Waals surface area contributed by atoms with Crippen LogP contribution in [0.3, 0.4) is 0 Å². The van der Waals surface area contributed by atoms with Gasteiger partial charge in [0.25, 0.3) is 5.91 Å². The van der Waals surface area contributed by atoms with E-state index in [9.17, 15) is 9.90 Å². The minimum atomic E-state index is -0.328. The first-order valence-electron chi connectivity index (χ1n) is 7.18. The molecule has 7 heteroatoms. The number of thiocarbonyl (C=S) groups is 1. The first-order chi connectivity index (χ1) is 12.1. The van der Waals surface area contributed by atoms with E-state index in [1.807, 2.05) is 6.07 Å². The average molecular weight is 365 g/mol. The van der Waals surface area contributed by atoms with E-state index < -0.39 is 0 Å². The maximum absolute atomic E-state index is 12.5. The number of thioether (sulfide) groups is 1. The Kier molecular flexibility index (Phi) is 4.93. The molecule has 25 heavy (non-hydrogen) atoms. The number of hydrogen-bond acceptors (Lipinski definition) is 6. The SMILES string of the molecule is N#Cc1ccc(/C=C2/SC(=S)N(/N=C/c3ccccc3O)C2=O)cc1. The van der Waals surface area contributed by atoms with Crippen LogP contribution in [0, 0.1) is 11.3 Å². The van der Waals surface area contributed by atoms with Crippen molar-refractivity contribution in [3.63, 3.8) is 0 Å². The lowest BCUT2D eigenvalue weighted by atomic mass is 10.1. The summed E-state index contributed by atoms with van der Waals surface area (Å²) in [7, 11) is 0. The molecular weight excluding hydrogens is 354 g/mol. The van der Waals surface area contributed by atoms with Gasteiger partial charge >= 0.3 is 0 Å². The first kappa shape index (κ1) is 16.9. The van der Waals surface area contributed by atoms with E-state index >= 15 is 0 Å². The Morgan fingerprint density at radius 3 is 2.60 bits per heavy atom. The van der Waals surface area contributed by atoms with Crippen LogP contribution in [0.1, 0.15) is 16.7 Å². The average Bonchev–Trinajstić information content (AvgIpc) is 2.88. The van der Waals surface area contributed by atoms with Gasteiger partial charge in [0.2, 0.25) is 0 Å². The van der Waals surface area contributed by atoms with Gasteiger partial charge in [-0.15, -0.1) is 0 Å². The Labute approximate surface area is 153 Å². The molecule has 0 spiro atoms. The summed E-state index contributed by atoms with van der Waals surface area (Å²) in [6, 6.07) is 15.6. The number of benzene rings is 2. The van der Waals surface area contributed by atoms with E-state index in [1.54, 1.807) is 48.5 Å². The molecule has 0 radical (unpaired) electrons. The molecule has 0 aliphatic carbocycles. The summed E-state index contributed by atoms with van der Waals surface area (Å²) in [6.45, 7) is 0. The fourth-order valence-corrected chi connectivity index (χ4v) is 3.25. The number of phenols is 1. The summed E-state index contributed by atoms with van der Waals surface area (Å²) < 4.78 is 0.316. The van der Waals surface area contributed by atoms with Crippen LogP contribution in [0.2, 0.25) is 0 Å². The maximum Gasteiger partial charge on any atom is 0.286 e. The molecule has 1 saturated heterocycles. The van der Waals surface area contributed by atoms with Gasteiger partial charge in [-0.25, -0.2) is 0 Å². The number of nitrogens with zero attached hydrogens (tertiary/aromatic N) is 3. The number of amides is 1. The smallest absolute Gasteiger partial charge is 0.286 e. The highest BCUT2D eigenvalue weighted by Crippen LogP contribution is 2.32. The zero-order valence-electron chi connectivity index (χ0n) is 12.8. The third kappa shape index (κ3) is 3.76. The van der Waals surface area contributed by atoms with Crippen LogP contribution in [0.25, 0.3) is 6.08 Å². The number of para-hydroxylation sites is 1. The monoisotopic (exact) mass is 365 g/mol. The quantitative estimate of drug-likeness (QED) is 0.512. The lowest BCUT2D eigenvalue weighted by Crippen LogP contribution is -2.22. The van der Waals surface area contributed by atoms with Gasteiger partial charge in [0, 0.05) is 5.56 Å². The van der Waals surface area contributed by atoms with E-state index in [0.29, 0.717) is 20.4 Å². The molecule has 1 heterocycles. The van der Waals surface area contributed by atoms with Gasteiger partial charge in [-0.05, 0) is 48.1 Å². The van der Waals surface area contributed by atoms with E-state index in [-0.39, 0.29) is 11.7 Å². The van der Waals surface area contributed by atoms with Crippen LogP contribution < -0.4 is 0 Å². The number of hydrazone groups is 1. The number of carbonyl (C=O) groups is 1. The molecule has 2 aromatic rings. The van der Waals surface area contributed by atoms with E-state index in [2.05, 4.69) is 5.10 Å². The molecule has 1 aliphatic heterocycles. The standard InChI is InChI=1S/C18H11N3O2S2/c19-10-13-7-5-12(6-8-13)9-16-17(23)21(18(24)25-16)20-11-14-3-1-2-4-15(14)22/h1-9,11,22H/b16-9+,20-11+. The van der Waals surface area contributed by atoms with Crippen LogP contribution in [0.5, 0.6) is 5.75 Å². The fraction of sp³-hybridized carbons (Fsp3) is 0. The summed E-state index contributed by atoms with van der Waals surface area (Å²) in [5.74, 6) is -0.254. The van der Waals surface area contributed by atoms with E-state index in [0.717, 1.165) is 22.3 Å². The second-order valence-electron chi connectivity index (χ2n) is 5.03. The Balaban J connectivity index is 1.81. The van der Waals surface area contributed by atoms with Gasteiger partial charge < -0.3 is 5.11 Å². The number of nitriles is 1. The van der Waals surface area contributed by atoms with Crippen LogP contribution in [0.4, 0.5) is 0 Å². The number of hydrogen-bond donors (Lipinski definition) is 1. The molecule has 1 amide bonds.